The average molecular weight is 517 g/mol. The van der Waals surface area contributed by atoms with Gasteiger partial charge in [0.1, 0.15) is 0 Å². The Morgan fingerprint density at radius 3 is 1.56 bits per heavy atom. The van der Waals surface area contributed by atoms with Crippen molar-refractivity contribution < 1.29 is 24.1 Å². The topological polar surface area (TPSA) is 57.2 Å². The number of hydrogen-bond donors (Lipinski definition) is 1. The summed E-state index contributed by atoms with van der Waals surface area (Å²) >= 11 is 0. The van der Waals surface area contributed by atoms with Gasteiger partial charge in [0, 0.05) is 6.61 Å². The second-order valence-corrected chi connectivity index (χ2v) is 10.3. The van der Waals surface area contributed by atoms with Gasteiger partial charge in [0.25, 0.3) is 0 Å². The Bertz CT molecular complexity index is 393. The Morgan fingerprint density at radius 1 is 0.500 bits per heavy atom. The lowest BCUT2D eigenvalue weighted by molar-refractivity contribution is -0.171. The fraction of sp³-hybridized carbons (Fsp3) is 1.00. The van der Waals surface area contributed by atoms with E-state index in [9.17, 15) is 0 Å². The highest BCUT2D eigenvalue weighted by Gasteiger charge is 2.14. The van der Waals surface area contributed by atoms with Crippen LogP contribution in [0.15, 0.2) is 0 Å². The Labute approximate surface area is 225 Å². The van der Waals surface area contributed by atoms with E-state index in [4.69, 9.17) is 24.1 Å². The Morgan fingerprint density at radius 2 is 1.03 bits per heavy atom. The van der Waals surface area contributed by atoms with Crippen molar-refractivity contribution in [3.05, 3.63) is 0 Å². The van der Waals surface area contributed by atoms with Crippen LogP contribution in [0, 0.1) is 0 Å². The normalized spacial score (nSPS) is 13.3. The van der Waals surface area contributed by atoms with Crippen LogP contribution in [-0.4, -0.2) is 57.1 Å². The summed E-state index contributed by atoms with van der Waals surface area (Å²) in [7, 11) is 0. The van der Waals surface area contributed by atoms with Gasteiger partial charge < -0.3 is 24.1 Å². The quantitative estimate of drug-likeness (QED) is 0.0738. The maximum Gasteiger partial charge on any atom is 0.157 e. The molecule has 0 saturated carbocycles. The van der Waals surface area contributed by atoms with E-state index in [1.54, 1.807) is 0 Å². The van der Waals surface area contributed by atoms with E-state index in [1.807, 2.05) is 0 Å². The summed E-state index contributed by atoms with van der Waals surface area (Å²) in [4.78, 5) is 0. The van der Waals surface area contributed by atoms with Crippen LogP contribution in [0.3, 0.4) is 0 Å². The summed E-state index contributed by atoms with van der Waals surface area (Å²) in [6.45, 7) is 9.41. The van der Waals surface area contributed by atoms with Crippen LogP contribution in [0.2, 0.25) is 0 Å². The van der Waals surface area contributed by atoms with Crippen molar-refractivity contribution >= 4 is 0 Å². The summed E-state index contributed by atoms with van der Waals surface area (Å²) in [6, 6.07) is 0. The van der Waals surface area contributed by atoms with Crippen LogP contribution in [-0.2, 0) is 18.9 Å². The van der Waals surface area contributed by atoms with Crippen molar-refractivity contribution in [3.63, 3.8) is 0 Å². The third kappa shape index (κ3) is 26.9. The number of unbranched alkanes of at least 4 members (excludes halogenated alkanes) is 16. The number of hydrogen-bond acceptors (Lipinski definition) is 5. The number of aliphatic hydroxyl groups is 1. The lowest BCUT2D eigenvalue weighted by Gasteiger charge is -2.22. The standard InChI is InChI=1S/C31H64O5/c1-4-7-9-11-12-13-14-15-16-17-18-19-20-21-23-30(34-25-22-10-8-5-2)29-36-31(6-3)35-28-27-33-26-24-32/h30-32H,4-29H2,1-3H3. The zero-order chi connectivity index (χ0) is 26.4. The first-order valence-electron chi connectivity index (χ1n) is 15.8. The van der Waals surface area contributed by atoms with E-state index < -0.39 is 0 Å². The summed E-state index contributed by atoms with van der Waals surface area (Å²) in [5, 5.41) is 8.78. The maximum atomic E-state index is 8.78. The highest BCUT2D eigenvalue weighted by atomic mass is 16.7. The minimum absolute atomic E-state index is 0.0459. The molecule has 0 aliphatic rings. The largest absolute Gasteiger partial charge is 0.394 e. The average Bonchev–Trinajstić information content (AvgIpc) is 2.89. The van der Waals surface area contributed by atoms with Gasteiger partial charge in [-0.15, -0.1) is 0 Å². The lowest BCUT2D eigenvalue weighted by atomic mass is 10.0. The molecule has 0 aliphatic heterocycles. The van der Waals surface area contributed by atoms with E-state index in [0.717, 1.165) is 25.9 Å². The van der Waals surface area contributed by atoms with Crippen LogP contribution >= 0.6 is 0 Å². The predicted octanol–water partition coefficient (Wildman–Crippen LogP) is 8.60. The molecule has 0 heterocycles. The van der Waals surface area contributed by atoms with Gasteiger partial charge in [-0.1, -0.05) is 130 Å². The molecule has 5 nitrogen and oxygen atoms in total. The van der Waals surface area contributed by atoms with Crippen molar-refractivity contribution in [2.24, 2.45) is 0 Å². The molecular formula is C31H64O5. The van der Waals surface area contributed by atoms with Crippen molar-refractivity contribution in [2.75, 3.05) is 39.6 Å². The highest BCUT2D eigenvalue weighted by molar-refractivity contribution is 4.60. The first kappa shape index (κ1) is 35.8. The van der Waals surface area contributed by atoms with Crippen LogP contribution in [0.4, 0.5) is 0 Å². The van der Waals surface area contributed by atoms with E-state index in [0.29, 0.717) is 26.4 Å². The van der Waals surface area contributed by atoms with Gasteiger partial charge in [0.15, 0.2) is 6.29 Å². The molecular weight excluding hydrogens is 452 g/mol. The Hall–Kier alpha value is -0.200. The first-order chi connectivity index (χ1) is 17.8. The number of aliphatic hydroxyl groups excluding tert-OH is 1. The molecule has 0 spiro atoms. The molecule has 0 saturated heterocycles. The van der Waals surface area contributed by atoms with Gasteiger partial charge in [-0.2, -0.15) is 0 Å². The minimum Gasteiger partial charge on any atom is -0.394 e. The predicted molar refractivity (Wildman–Crippen MR) is 153 cm³/mol. The van der Waals surface area contributed by atoms with Crippen LogP contribution in [0.1, 0.15) is 149 Å². The van der Waals surface area contributed by atoms with E-state index in [2.05, 4.69) is 20.8 Å². The molecule has 218 valence electrons. The van der Waals surface area contributed by atoms with Crippen LogP contribution < -0.4 is 0 Å². The van der Waals surface area contributed by atoms with E-state index in [1.165, 1.54) is 109 Å². The summed E-state index contributed by atoms with van der Waals surface area (Å²) in [6.07, 6.45) is 26.1. The third-order valence-electron chi connectivity index (χ3n) is 6.80. The number of rotatable bonds is 31. The summed E-state index contributed by atoms with van der Waals surface area (Å²) < 4.78 is 23.3. The molecule has 5 heteroatoms. The van der Waals surface area contributed by atoms with Gasteiger partial charge in [-0.05, 0) is 19.3 Å². The van der Waals surface area contributed by atoms with Gasteiger partial charge in [0.05, 0.1) is 39.1 Å². The van der Waals surface area contributed by atoms with Crippen molar-refractivity contribution in [1.82, 2.24) is 0 Å². The zero-order valence-electron chi connectivity index (χ0n) is 24.6. The fourth-order valence-corrected chi connectivity index (χ4v) is 4.46. The SMILES string of the molecule is CCCCCCCCCCCCCCCCC(COC(CC)OCCOCCO)OCCCCCC. The molecule has 2 atom stereocenters. The van der Waals surface area contributed by atoms with Gasteiger partial charge in [-0.25, -0.2) is 0 Å². The van der Waals surface area contributed by atoms with Gasteiger partial charge in [-0.3, -0.25) is 0 Å². The molecule has 0 aromatic carbocycles. The molecule has 1 N–H and O–H groups in total. The third-order valence-corrected chi connectivity index (χ3v) is 6.80. The smallest absolute Gasteiger partial charge is 0.157 e. The van der Waals surface area contributed by atoms with Gasteiger partial charge >= 0.3 is 0 Å². The van der Waals surface area contributed by atoms with Crippen molar-refractivity contribution in [2.45, 2.75) is 162 Å². The fourth-order valence-electron chi connectivity index (χ4n) is 4.46. The summed E-state index contributed by atoms with van der Waals surface area (Å²) in [5.74, 6) is 0. The molecule has 0 bridgehead atoms. The van der Waals surface area contributed by atoms with E-state index in [-0.39, 0.29) is 19.0 Å². The molecule has 36 heavy (non-hydrogen) atoms. The highest BCUT2D eigenvalue weighted by Crippen LogP contribution is 2.15. The molecule has 0 aliphatic carbocycles. The molecule has 0 aromatic heterocycles. The Balaban J connectivity index is 3.93. The molecule has 0 rings (SSSR count). The lowest BCUT2D eigenvalue weighted by Crippen LogP contribution is -2.27. The molecule has 0 fully saturated rings. The van der Waals surface area contributed by atoms with Crippen LogP contribution in [0.25, 0.3) is 0 Å². The maximum absolute atomic E-state index is 8.78. The summed E-state index contributed by atoms with van der Waals surface area (Å²) in [5.41, 5.74) is 0. The zero-order valence-corrected chi connectivity index (χ0v) is 24.6. The second kappa shape index (κ2) is 31.0. The van der Waals surface area contributed by atoms with E-state index >= 15 is 0 Å². The second-order valence-electron chi connectivity index (χ2n) is 10.3. The molecule has 0 aromatic rings. The molecule has 2 unspecified atom stereocenters. The Kier molecular flexibility index (Phi) is 30.8. The van der Waals surface area contributed by atoms with Crippen LogP contribution in [0.5, 0.6) is 0 Å². The number of ether oxygens (including phenoxy) is 4. The monoisotopic (exact) mass is 516 g/mol. The minimum atomic E-state index is -0.217. The van der Waals surface area contributed by atoms with Crippen molar-refractivity contribution in [3.8, 4) is 0 Å². The molecule has 0 radical (unpaired) electrons. The molecule has 0 amide bonds. The van der Waals surface area contributed by atoms with Crippen molar-refractivity contribution in [1.29, 1.82) is 0 Å². The van der Waals surface area contributed by atoms with Gasteiger partial charge in [0.2, 0.25) is 0 Å². The first-order valence-corrected chi connectivity index (χ1v) is 15.8.